The van der Waals surface area contributed by atoms with Crippen LogP contribution in [0.1, 0.15) is 11.1 Å². The first kappa shape index (κ1) is 27.2. The minimum Gasteiger partial charge on any atom is -0.378 e. The lowest BCUT2D eigenvalue weighted by atomic mass is 10.1. The second kappa shape index (κ2) is 13.6. The zero-order chi connectivity index (χ0) is 27.6. The molecule has 10 heteroatoms. The van der Waals surface area contributed by atoms with Crippen molar-refractivity contribution in [1.29, 1.82) is 0 Å². The van der Waals surface area contributed by atoms with E-state index >= 15 is 0 Å². The molecule has 2 aliphatic rings. The molecular weight excluding hydrogens is 510 g/mol. The fourth-order valence-electron chi connectivity index (χ4n) is 4.29. The third-order valence-corrected chi connectivity index (χ3v) is 6.23. The number of anilines is 3. The highest BCUT2D eigenvalue weighted by Gasteiger charge is 2.15. The number of ether oxygens (including phenoxy) is 3. The molecule has 0 saturated carbocycles. The Hall–Kier alpha value is -4.38. The van der Waals surface area contributed by atoms with Crippen LogP contribution in [0.15, 0.2) is 79.0 Å². The maximum Gasteiger partial charge on any atom is 0.248 e. The van der Waals surface area contributed by atoms with Crippen molar-refractivity contribution in [2.75, 3.05) is 50.2 Å². The summed E-state index contributed by atoms with van der Waals surface area (Å²) in [5.74, 6) is -0.223. The molecule has 0 aliphatic carbocycles. The van der Waals surface area contributed by atoms with Crippen molar-refractivity contribution in [2.45, 2.75) is 13.2 Å². The maximum atomic E-state index is 12.7. The van der Waals surface area contributed by atoms with E-state index in [1.165, 1.54) is 12.2 Å². The van der Waals surface area contributed by atoms with E-state index in [0.717, 1.165) is 22.4 Å². The zero-order valence-electron chi connectivity index (χ0n) is 22.0. The van der Waals surface area contributed by atoms with Crippen molar-refractivity contribution < 1.29 is 23.8 Å². The predicted octanol–water partition coefficient (Wildman–Crippen LogP) is 3.84. The number of carbonyl (C=O) groups excluding carboxylic acids is 2. The van der Waals surface area contributed by atoms with Crippen molar-refractivity contribution in [1.82, 2.24) is 14.9 Å². The molecule has 5 rings (SSSR count). The molecule has 2 aliphatic heterocycles. The van der Waals surface area contributed by atoms with Gasteiger partial charge in [0.05, 0.1) is 45.3 Å². The summed E-state index contributed by atoms with van der Waals surface area (Å²) in [4.78, 5) is 35.7. The van der Waals surface area contributed by atoms with Crippen molar-refractivity contribution in [3.8, 4) is 11.3 Å². The third kappa shape index (κ3) is 7.82. The highest BCUT2D eigenvalue weighted by Crippen LogP contribution is 2.24. The van der Waals surface area contributed by atoms with Crippen molar-refractivity contribution in [2.24, 2.45) is 0 Å². The number of benzene rings is 2. The van der Waals surface area contributed by atoms with E-state index < -0.39 is 5.91 Å². The first-order chi connectivity index (χ1) is 19.6. The summed E-state index contributed by atoms with van der Waals surface area (Å²) in [6.07, 6.45) is 8.07. The summed E-state index contributed by atoms with van der Waals surface area (Å²) < 4.78 is 16.9. The Kier molecular flexibility index (Phi) is 9.25. The molecular formula is C30H31N5O5. The average molecular weight is 542 g/mol. The van der Waals surface area contributed by atoms with E-state index in [4.69, 9.17) is 19.2 Å². The molecule has 40 heavy (non-hydrogen) atoms. The smallest absolute Gasteiger partial charge is 0.248 e. The second-order valence-electron chi connectivity index (χ2n) is 9.27. The average Bonchev–Trinajstić information content (AvgIpc) is 2.97. The van der Waals surface area contributed by atoms with Gasteiger partial charge in [-0.1, -0.05) is 30.4 Å². The number of fused-ring (bicyclic) bond motifs is 7. The molecule has 0 unspecified atom stereocenters. The van der Waals surface area contributed by atoms with Gasteiger partial charge >= 0.3 is 0 Å². The second-order valence-corrected chi connectivity index (χ2v) is 9.27. The van der Waals surface area contributed by atoms with Gasteiger partial charge in [0.25, 0.3) is 0 Å². The van der Waals surface area contributed by atoms with E-state index in [2.05, 4.69) is 15.6 Å². The maximum absolute atomic E-state index is 12.7. The molecule has 2 aromatic carbocycles. The number of aromatic nitrogens is 2. The Balaban J connectivity index is 1.36. The van der Waals surface area contributed by atoms with Gasteiger partial charge in [-0.05, 0) is 41.5 Å². The van der Waals surface area contributed by atoms with Crippen LogP contribution in [0.2, 0.25) is 0 Å². The topological polar surface area (TPSA) is 115 Å². The molecule has 0 radical (unpaired) electrons. The number of hydrogen-bond donors (Lipinski definition) is 2. The molecule has 206 valence electrons. The minimum atomic E-state index is -0.416. The summed E-state index contributed by atoms with van der Waals surface area (Å²) in [5, 5.41) is 6.08. The molecule has 1 saturated heterocycles. The van der Waals surface area contributed by atoms with Crippen LogP contribution >= 0.6 is 0 Å². The van der Waals surface area contributed by atoms with Crippen molar-refractivity contribution in [3.05, 3.63) is 90.2 Å². The monoisotopic (exact) mass is 541 g/mol. The Bertz CT molecular complexity index is 1400. The van der Waals surface area contributed by atoms with Crippen LogP contribution < -0.4 is 10.6 Å². The molecule has 10 nitrogen and oxygen atoms in total. The molecule has 2 N–H and O–H groups in total. The van der Waals surface area contributed by atoms with Crippen LogP contribution in [-0.4, -0.2) is 66.2 Å². The highest BCUT2D eigenvalue weighted by molar-refractivity contribution is 6.03. The number of morpholine rings is 1. The van der Waals surface area contributed by atoms with Crippen LogP contribution in [0.25, 0.3) is 11.3 Å². The number of carbonyl (C=O) groups is 2. The number of amides is 2. The van der Waals surface area contributed by atoms with Crippen LogP contribution in [0.5, 0.6) is 0 Å². The Morgan fingerprint density at radius 2 is 1.70 bits per heavy atom. The minimum absolute atomic E-state index is 0.219. The molecule has 6 bridgehead atoms. The quantitative estimate of drug-likeness (QED) is 0.380. The van der Waals surface area contributed by atoms with Gasteiger partial charge in [-0.15, -0.1) is 0 Å². The normalized spacial score (nSPS) is 16.9. The van der Waals surface area contributed by atoms with Crippen LogP contribution in [-0.2, 0) is 37.0 Å². The Labute approximate surface area is 232 Å². The number of nitrogens with zero attached hydrogens (tertiary/aromatic N) is 3. The van der Waals surface area contributed by atoms with Crippen molar-refractivity contribution >= 4 is 29.1 Å². The van der Waals surface area contributed by atoms with Crippen LogP contribution in [0.3, 0.4) is 0 Å². The van der Waals surface area contributed by atoms with E-state index in [-0.39, 0.29) is 5.91 Å². The number of hydrogen-bond acceptors (Lipinski definition) is 8. The van der Waals surface area contributed by atoms with Gasteiger partial charge in [-0.3, -0.25) is 9.59 Å². The summed E-state index contributed by atoms with van der Waals surface area (Å²) in [7, 11) is 0. The highest BCUT2D eigenvalue weighted by atomic mass is 16.5. The Morgan fingerprint density at radius 3 is 2.52 bits per heavy atom. The molecule has 0 atom stereocenters. The van der Waals surface area contributed by atoms with Crippen LogP contribution in [0.4, 0.5) is 17.3 Å². The first-order valence-corrected chi connectivity index (χ1v) is 13.1. The summed E-state index contributed by atoms with van der Waals surface area (Å²) in [6.45, 7) is 3.72. The molecule has 1 aromatic heterocycles. The summed E-state index contributed by atoms with van der Waals surface area (Å²) >= 11 is 0. The lowest BCUT2D eigenvalue weighted by Crippen LogP contribution is -2.39. The van der Waals surface area contributed by atoms with E-state index in [0.29, 0.717) is 70.1 Å². The molecule has 3 heterocycles. The van der Waals surface area contributed by atoms with Crippen molar-refractivity contribution in [3.63, 3.8) is 0 Å². The summed E-state index contributed by atoms with van der Waals surface area (Å²) in [5.41, 5.74) is 4.83. The van der Waals surface area contributed by atoms with Gasteiger partial charge in [0.15, 0.2) is 0 Å². The summed E-state index contributed by atoms with van der Waals surface area (Å²) in [6, 6.07) is 15.4. The van der Waals surface area contributed by atoms with E-state index in [1.807, 2.05) is 54.6 Å². The fraction of sp³-hybridized carbons (Fsp3) is 0.267. The third-order valence-electron chi connectivity index (χ3n) is 6.23. The zero-order valence-corrected chi connectivity index (χ0v) is 22.0. The van der Waals surface area contributed by atoms with E-state index in [1.54, 1.807) is 17.2 Å². The molecule has 3 aromatic rings. The van der Waals surface area contributed by atoms with Gasteiger partial charge in [0.2, 0.25) is 17.8 Å². The van der Waals surface area contributed by atoms with Gasteiger partial charge in [0, 0.05) is 48.4 Å². The van der Waals surface area contributed by atoms with Gasteiger partial charge in [-0.25, -0.2) is 9.97 Å². The lowest BCUT2D eigenvalue weighted by Gasteiger charge is -2.25. The standard InChI is InChI=1S/C30H31N5O5/c36-28(6-7-29(37)35-10-14-38-15-11-35)32-25-17-23-18-26(19-25)33-30-31-9-8-27(34-30)24-5-3-4-22(16-24)20-39-12-1-2-13-40-21-23/h1-9,16-19H,10-15,20-21H2,(H,32,36)(H,31,33,34)/b2-1+,7-6+. The largest absolute Gasteiger partial charge is 0.378 e. The van der Waals surface area contributed by atoms with E-state index in [9.17, 15) is 9.59 Å². The predicted molar refractivity (Wildman–Crippen MR) is 151 cm³/mol. The van der Waals surface area contributed by atoms with Gasteiger partial charge < -0.3 is 29.7 Å². The number of rotatable bonds is 3. The van der Waals surface area contributed by atoms with Gasteiger partial charge in [0.1, 0.15) is 0 Å². The Morgan fingerprint density at radius 1 is 0.900 bits per heavy atom. The SMILES string of the molecule is O=C(/C=C/C(=O)N1CCOCC1)Nc1cc2cc(c1)Nc1nccc(n1)-c1cccc(c1)COC/C=C/COC2. The lowest BCUT2D eigenvalue weighted by molar-refractivity contribution is -0.130. The van der Waals surface area contributed by atoms with Gasteiger partial charge in [-0.2, -0.15) is 0 Å². The molecule has 0 spiro atoms. The number of nitrogens with one attached hydrogen (secondary N) is 2. The molecule has 1 fully saturated rings. The first-order valence-electron chi connectivity index (χ1n) is 13.1. The fourth-order valence-corrected chi connectivity index (χ4v) is 4.29. The van der Waals surface area contributed by atoms with Crippen LogP contribution in [0, 0.1) is 0 Å². The molecule has 2 amide bonds.